The highest BCUT2D eigenvalue weighted by Crippen LogP contribution is 2.14. The molecule has 0 saturated heterocycles. The fourth-order valence-electron chi connectivity index (χ4n) is 1.87. The number of benzene rings is 1. The summed E-state index contributed by atoms with van der Waals surface area (Å²) >= 11 is 3.31. The van der Waals surface area contributed by atoms with Gasteiger partial charge in [-0.25, -0.2) is 4.79 Å². The first-order valence-corrected chi connectivity index (χ1v) is 8.47. The second kappa shape index (κ2) is 10.6. The van der Waals surface area contributed by atoms with Crippen molar-refractivity contribution in [1.82, 2.24) is 5.32 Å². The van der Waals surface area contributed by atoms with Gasteiger partial charge < -0.3 is 21.1 Å². The highest BCUT2D eigenvalue weighted by molar-refractivity contribution is 9.10. The van der Waals surface area contributed by atoms with Gasteiger partial charge in [0, 0.05) is 23.1 Å². The molecule has 0 spiro atoms. The summed E-state index contributed by atoms with van der Waals surface area (Å²) < 4.78 is 6.01. The minimum Gasteiger partial charge on any atom is -0.453 e. The second-order valence-corrected chi connectivity index (χ2v) is 6.15. The molecule has 4 N–H and O–H groups in total. The Morgan fingerprint density at radius 3 is 2.46 bits per heavy atom. The Kier molecular flexibility index (Phi) is 8.85. The van der Waals surface area contributed by atoms with Gasteiger partial charge in [0.05, 0.1) is 0 Å². The number of anilines is 1. The van der Waals surface area contributed by atoms with Crippen molar-refractivity contribution in [2.45, 2.75) is 38.7 Å². The zero-order chi connectivity index (χ0) is 17.9. The first-order chi connectivity index (χ1) is 11.4. The molecule has 7 nitrogen and oxygen atoms in total. The largest absolute Gasteiger partial charge is 0.453 e. The number of unbranched alkanes of at least 4 members (excludes halogenated alkanes) is 2. The number of urea groups is 1. The van der Waals surface area contributed by atoms with E-state index >= 15 is 0 Å². The van der Waals surface area contributed by atoms with Crippen molar-refractivity contribution in [3.8, 4) is 0 Å². The van der Waals surface area contributed by atoms with Crippen molar-refractivity contribution in [3.05, 3.63) is 28.7 Å². The van der Waals surface area contributed by atoms with Crippen LogP contribution in [0, 0.1) is 0 Å². The SMILES string of the molecule is C[C@H](OC(=O)CCCCCNC(N)=O)C(=O)Nc1ccc(Br)cc1. The van der Waals surface area contributed by atoms with E-state index in [1.807, 2.05) is 0 Å². The molecule has 1 rings (SSSR count). The van der Waals surface area contributed by atoms with Gasteiger partial charge in [-0.1, -0.05) is 22.4 Å². The van der Waals surface area contributed by atoms with E-state index in [1.165, 1.54) is 6.92 Å². The van der Waals surface area contributed by atoms with Crippen LogP contribution in [0.3, 0.4) is 0 Å². The molecule has 0 radical (unpaired) electrons. The fraction of sp³-hybridized carbons (Fsp3) is 0.438. The quantitative estimate of drug-likeness (QED) is 0.437. The van der Waals surface area contributed by atoms with Crippen LogP contribution in [0.5, 0.6) is 0 Å². The molecular weight excluding hydrogens is 378 g/mol. The van der Waals surface area contributed by atoms with E-state index in [1.54, 1.807) is 24.3 Å². The smallest absolute Gasteiger partial charge is 0.312 e. The number of ether oxygens (including phenoxy) is 1. The van der Waals surface area contributed by atoms with Crippen LogP contribution in [-0.2, 0) is 14.3 Å². The number of hydrogen-bond donors (Lipinski definition) is 3. The lowest BCUT2D eigenvalue weighted by atomic mass is 10.2. The van der Waals surface area contributed by atoms with E-state index in [0.29, 0.717) is 18.7 Å². The van der Waals surface area contributed by atoms with Crippen LogP contribution in [0.15, 0.2) is 28.7 Å². The van der Waals surface area contributed by atoms with Crippen LogP contribution in [0.4, 0.5) is 10.5 Å². The number of carbonyl (C=O) groups is 3. The summed E-state index contributed by atoms with van der Waals surface area (Å²) in [6.07, 6.45) is 1.48. The van der Waals surface area contributed by atoms with Crippen LogP contribution in [0.25, 0.3) is 0 Å². The molecule has 0 aromatic heterocycles. The van der Waals surface area contributed by atoms with Crippen molar-refractivity contribution in [2.75, 3.05) is 11.9 Å². The number of nitrogens with two attached hydrogens (primary N) is 1. The van der Waals surface area contributed by atoms with E-state index in [9.17, 15) is 14.4 Å². The maximum atomic E-state index is 12.0. The van der Waals surface area contributed by atoms with E-state index in [-0.39, 0.29) is 12.3 Å². The minimum absolute atomic E-state index is 0.229. The van der Waals surface area contributed by atoms with Crippen LogP contribution >= 0.6 is 15.9 Å². The monoisotopic (exact) mass is 399 g/mol. The molecule has 0 bridgehead atoms. The number of rotatable bonds is 9. The normalized spacial score (nSPS) is 11.4. The average Bonchev–Trinajstić information content (AvgIpc) is 2.52. The number of halogens is 1. The number of amides is 3. The van der Waals surface area contributed by atoms with Gasteiger partial charge in [0.2, 0.25) is 0 Å². The third kappa shape index (κ3) is 8.52. The third-order valence-corrected chi connectivity index (χ3v) is 3.67. The topological polar surface area (TPSA) is 111 Å². The minimum atomic E-state index is -0.863. The Morgan fingerprint density at radius 2 is 1.83 bits per heavy atom. The van der Waals surface area contributed by atoms with E-state index in [0.717, 1.165) is 17.3 Å². The maximum Gasteiger partial charge on any atom is 0.312 e. The van der Waals surface area contributed by atoms with Crippen LogP contribution < -0.4 is 16.4 Å². The standard InChI is InChI=1S/C16H22BrN3O4/c1-11(15(22)20-13-8-6-12(17)7-9-13)24-14(21)5-3-2-4-10-19-16(18)23/h6-9,11H,2-5,10H2,1H3,(H,20,22)(H3,18,19,23)/t11-/m0/s1. The Hall–Kier alpha value is -2.09. The summed E-state index contributed by atoms with van der Waals surface area (Å²) in [5, 5.41) is 5.15. The van der Waals surface area contributed by atoms with Crippen LogP contribution in [-0.4, -0.2) is 30.6 Å². The zero-order valence-corrected chi connectivity index (χ0v) is 15.1. The number of carbonyl (C=O) groups excluding carboxylic acids is 3. The van der Waals surface area contributed by atoms with E-state index in [4.69, 9.17) is 10.5 Å². The predicted octanol–water partition coefficient (Wildman–Crippen LogP) is 2.55. The number of hydrogen-bond acceptors (Lipinski definition) is 4. The molecule has 0 saturated carbocycles. The molecule has 24 heavy (non-hydrogen) atoms. The van der Waals surface area contributed by atoms with Crippen molar-refractivity contribution in [3.63, 3.8) is 0 Å². The molecule has 0 aliphatic carbocycles. The summed E-state index contributed by atoms with van der Waals surface area (Å²) in [6.45, 7) is 2.01. The Bertz CT molecular complexity index is 563. The molecule has 132 valence electrons. The van der Waals surface area contributed by atoms with Gasteiger partial charge >= 0.3 is 12.0 Å². The summed E-state index contributed by atoms with van der Waals surface area (Å²) in [7, 11) is 0. The molecule has 0 aliphatic heterocycles. The molecule has 1 aromatic carbocycles. The van der Waals surface area contributed by atoms with Crippen molar-refractivity contribution >= 4 is 39.5 Å². The van der Waals surface area contributed by atoms with Gasteiger partial charge in [0.15, 0.2) is 6.10 Å². The lowest BCUT2D eigenvalue weighted by Gasteiger charge is -2.13. The highest BCUT2D eigenvalue weighted by atomic mass is 79.9. The summed E-state index contributed by atoms with van der Waals surface area (Å²) in [4.78, 5) is 34.1. The summed E-state index contributed by atoms with van der Waals surface area (Å²) in [5.74, 6) is -0.798. The van der Waals surface area contributed by atoms with Gasteiger partial charge in [-0.15, -0.1) is 0 Å². The van der Waals surface area contributed by atoms with E-state index < -0.39 is 18.1 Å². The Balaban J connectivity index is 2.21. The molecule has 0 aliphatic rings. The number of nitrogens with one attached hydrogen (secondary N) is 2. The average molecular weight is 400 g/mol. The van der Waals surface area contributed by atoms with Gasteiger partial charge in [-0.2, -0.15) is 0 Å². The van der Waals surface area contributed by atoms with E-state index in [2.05, 4.69) is 26.6 Å². The molecule has 0 heterocycles. The molecule has 0 fully saturated rings. The molecule has 1 atom stereocenters. The molecule has 3 amide bonds. The van der Waals surface area contributed by atoms with Crippen LogP contribution in [0.2, 0.25) is 0 Å². The lowest BCUT2D eigenvalue weighted by molar-refractivity contribution is -0.153. The van der Waals surface area contributed by atoms with Gasteiger partial charge in [-0.3, -0.25) is 9.59 Å². The summed E-state index contributed by atoms with van der Waals surface area (Å²) in [5.41, 5.74) is 5.57. The van der Waals surface area contributed by atoms with Crippen molar-refractivity contribution in [1.29, 1.82) is 0 Å². The van der Waals surface area contributed by atoms with Gasteiger partial charge in [-0.05, 0) is 44.0 Å². The number of esters is 1. The predicted molar refractivity (Wildman–Crippen MR) is 94.4 cm³/mol. The molecule has 0 unspecified atom stereocenters. The Labute approximate surface area is 149 Å². The lowest BCUT2D eigenvalue weighted by Crippen LogP contribution is -2.30. The fourth-order valence-corrected chi connectivity index (χ4v) is 2.13. The van der Waals surface area contributed by atoms with Gasteiger partial charge in [0.25, 0.3) is 5.91 Å². The first kappa shape index (κ1) is 20.0. The summed E-state index contributed by atoms with van der Waals surface area (Å²) in [6, 6.07) is 6.55. The third-order valence-electron chi connectivity index (χ3n) is 3.15. The van der Waals surface area contributed by atoms with Gasteiger partial charge in [0.1, 0.15) is 0 Å². The van der Waals surface area contributed by atoms with Crippen LogP contribution in [0.1, 0.15) is 32.6 Å². The Morgan fingerprint density at radius 1 is 1.17 bits per heavy atom. The molecule has 1 aromatic rings. The van der Waals surface area contributed by atoms with Crippen molar-refractivity contribution < 1.29 is 19.1 Å². The molecule has 8 heteroatoms. The zero-order valence-electron chi connectivity index (χ0n) is 13.5. The maximum absolute atomic E-state index is 12.0. The van der Waals surface area contributed by atoms with Crippen molar-refractivity contribution in [2.24, 2.45) is 5.73 Å². The number of primary amides is 1. The highest BCUT2D eigenvalue weighted by Gasteiger charge is 2.17. The first-order valence-electron chi connectivity index (χ1n) is 7.67. The second-order valence-electron chi connectivity index (χ2n) is 5.23. The molecular formula is C16H22BrN3O4.